The van der Waals surface area contributed by atoms with Crippen LogP contribution in [0.4, 0.5) is 0 Å². The number of carbonyl (C=O) groups is 1. The van der Waals surface area contributed by atoms with Crippen LogP contribution in [0.5, 0.6) is 0 Å². The number of hydrogen-bond acceptors (Lipinski definition) is 2. The van der Waals surface area contributed by atoms with E-state index < -0.39 is 0 Å². The third-order valence-corrected chi connectivity index (χ3v) is 5.05. The van der Waals surface area contributed by atoms with Crippen molar-refractivity contribution >= 4 is 5.97 Å². The number of rotatable bonds is 15. The van der Waals surface area contributed by atoms with E-state index in [1.165, 1.54) is 64.2 Å². The van der Waals surface area contributed by atoms with Gasteiger partial charge in [0, 0.05) is 0 Å². The van der Waals surface area contributed by atoms with Gasteiger partial charge in [0.25, 0.3) is 0 Å². The Morgan fingerprint density at radius 3 is 1.85 bits per heavy atom. The number of carbonyl (C=O) groups excluding carboxylic acids is 1. The molecule has 1 aromatic carbocycles. The van der Waals surface area contributed by atoms with Gasteiger partial charge in [0.15, 0.2) is 0 Å². The molecule has 1 unspecified atom stereocenters. The summed E-state index contributed by atoms with van der Waals surface area (Å²) in [6.45, 7) is 6.45. The number of ether oxygens (including phenoxy) is 1. The number of unbranched alkanes of at least 4 members (excludes halogenated alkanes) is 9. The summed E-state index contributed by atoms with van der Waals surface area (Å²) in [5.41, 5.74) is 1.83. The smallest absolute Gasteiger partial charge is 0.338 e. The van der Waals surface area contributed by atoms with E-state index in [9.17, 15) is 4.79 Å². The van der Waals surface area contributed by atoms with E-state index in [2.05, 4.69) is 13.8 Å². The number of benzene rings is 1. The molecule has 0 aliphatic heterocycles. The third-order valence-electron chi connectivity index (χ3n) is 5.05. The minimum atomic E-state index is -0.171. The zero-order valence-corrected chi connectivity index (χ0v) is 17.4. The Bertz CT molecular complexity index is 464. The van der Waals surface area contributed by atoms with Crippen LogP contribution in [0, 0.1) is 6.92 Å². The van der Waals surface area contributed by atoms with Crippen molar-refractivity contribution in [3.05, 3.63) is 35.4 Å². The van der Waals surface area contributed by atoms with E-state index in [4.69, 9.17) is 4.74 Å². The molecular weight excluding hydrogens is 320 g/mol. The first kappa shape index (κ1) is 22.7. The molecule has 0 fully saturated rings. The average Bonchev–Trinajstić information content (AvgIpc) is 2.63. The quantitative estimate of drug-likeness (QED) is 0.237. The van der Waals surface area contributed by atoms with E-state index in [0.717, 1.165) is 24.8 Å². The molecule has 2 heteroatoms. The molecule has 0 saturated carbocycles. The van der Waals surface area contributed by atoms with Gasteiger partial charge in [-0.15, -0.1) is 0 Å². The first-order chi connectivity index (χ1) is 12.7. The van der Waals surface area contributed by atoms with Crippen LogP contribution in [0.2, 0.25) is 0 Å². The molecule has 2 nitrogen and oxygen atoms in total. The molecule has 0 aliphatic carbocycles. The zero-order chi connectivity index (χ0) is 19.0. The van der Waals surface area contributed by atoms with Gasteiger partial charge in [-0.05, 0) is 38.3 Å². The lowest BCUT2D eigenvalue weighted by molar-refractivity contribution is 0.0253. The van der Waals surface area contributed by atoms with Gasteiger partial charge in [0.2, 0.25) is 0 Å². The molecule has 1 aromatic rings. The van der Waals surface area contributed by atoms with E-state index in [0.29, 0.717) is 5.56 Å². The van der Waals surface area contributed by atoms with Crippen LogP contribution in [0.25, 0.3) is 0 Å². The summed E-state index contributed by atoms with van der Waals surface area (Å²) in [5.74, 6) is -0.171. The second kappa shape index (κ2) is 14.8. The fourth-order valence-corrected chi connectivity index (χ4v) is 3.35. The predicted octanol–water partition coefficient (Wildman–Crippen LogP) is 7.63. The molecular formula is C24H40O2. The van der Waals surface area contributed by atoms with Gasteiger partial charge in [0.05, 0.1) is 5.56 Å². The van der Waals surface area contributed by atoms with Crippen LogP contribution in [-0.4, -0.2) is 12.1 Å². The van der Waals surface area contributed by atoms with E-state index in [-0.39, 0.29) is 12.1 Å². The highest BCUT2D eigenvalue weighted by atomic mass is 16.5. The molecule has 0 saturated heterocycles. The maximum absolute atomic E-state index is 12.3. The van der Waals surface area contributed by atoms with Crippen LogP contribution in [-0.2, 0) is 4.74 Å². The Labute approximate surface area is 161 Å². The largest absolute Gasteiger partial charge is 0.459 e. The van der Waals surface area contributed by atoms with Gasteiger partial charge in [-0.3, -0.25) is 0 Å². The third kappa shape index (κ3) is 10.6. The summed E-state index contributed by atoms with van der Waals surface area (Å²) < 4.78 is 5.76. The second-order valence-corrected chi connectivity index (χ2v) is 7.65. The van der Waals surface area contributed by atoms with Crippen molar-refractivity contribution in [1.82, 2.24) is 0 Å². The lowest BCUT2D eigenvalue weighted by Gasteiger charge is -2.17. The Morgan fingerprint density at radius 1 is 0.769 bits per heavy atom. The van der Waals surface area contributed by atoms with Crippen LogP contribution in [0.15, 0.2) is 24.3 Å². The molecule has 0 bridgehead atoms. The van der Waals surface area contributed by atoms with Crippen LogP contribution >= 0.6 is 0 Å². The monoisotopic (exact) mass is 360 g/mol. The number of aryl methyl sites for hydroxylation is 1. The summed E-state index contributed by atoms with van der Waals surface area (Å²) in [5, 5.41) is 0. The predicted molar refractivity (Wildman–Crippen MR) is 112 cm³/mol. The normalized spacial score (nSPS) is 12.1. The first-order valence-corrected chi connectivity index (χ1v) is 10.9. The molecule has 1 rings (SSSR count). The second-order valence-electron chi connectivity index (χ2n) is 7.65. The molecule has 0 amide bonds. The minimum absolute atomic E-state index is 0.0721. The number of hydrogen-bond donors (Lipinski definition) is 0. The van der Waals surface area contributed by atoms with Gasteiger partial charge in [-0.2, -0.15) is 0 Å². The standard InChI is InChI=1S/C24H40O2/c1-4-6-7-8-9-10-11-12-13-14-16-23(15-5-2)26-24(25)22-19-17-21(3)18-20-22/h17-20,23H,4-16H2,1-3H3. The summed E-state index contributed by atoms with van der Waals surface area (Å²) >= 11 is 0. The van der Waals surface area contributed by atoms with Crippen molar-refractivity contribution < 1.29 is 9.53 Å². The lowest BCUT2D eigenvalue weighted by Crippen LogP contribution is -2.18. The Hall–Kier alpha value is -1.31. The average molecular weight is 361 g/mol. The highest BCUT2D eigenvalue weighted by molar-refractivity contribution is 5.89. The fraction of sp³-hybridized carbons (Fsp3) is 0.708. The molecule has 0 aromatic heterocycles. The highest BCUT2D eigenvalue weighted by Gasteiger charge is 2.15. The fourth-order valence-electron chi connectivity index (χ4n) is 3.35. The van der Waals surface area contributed by atoms with E-state index in [1.807, 2.05) is 31.2 Å². The van der Waals surface area contributed by atoms with Crippen LogP contribution in [0.1, 0.15) is 113 Å². The van der Waals surface area contributed by atoms with Gasteiger partial charge in [-0.1, -0.05) is 95.8 Å². The van der Waals surface area contributed by atoms with Crippen molar-refractivity contribution in [3.63, 3.8) is 0 Å². The summed E-state index contributed by atoms with van der Waals surface area (Å²) in [6, 6.07) is 7.66. The van der Waals surface area contributed by atoms with Crippen molar-refractivity contribution in [1.29, 1.82) is 0 Å². The molecule has 0 heterocycles. The molecule has 26 heavy (non-hydrogen) atoms. The Morgan fingerprint density at radius 2 is 1.31 bits per heavy atom. The summed E-state index contributed by atoms with van der Waals surface area (Å²) in [6.07, 6.45) is 16.5. The van der Waals surface area contributed by atoms with Gasteiger partial charge in [-0.25, -0.2) is 4.79 Å². The molecule has 1 atom stereocenters. The molecule has 0 radical (unpaired) electrons. The Balaban J connectivity index is 2.16. The van der Waals surface area contributed by atoms with E-state index in [1.54, 1.807) is 0 Å². The van der Waals surface area contributed by atoms with Crippen molar-refractivity contribution in [2.75, 3.05) is 0 Å². The molecule has 0 spiro atoms. The molecule has 148 valence electrons. The first-order valence-electron chi connectivity index (χ1n) is 10.9. The van der Waals surface area contributed by atoms with Gasteiger partial charge in [0.1, 0.15) is 6.10 Å². The van der Waals surface area contributed by atoms with Crippen molar-refractivity contribution in [2.24, 2.45) is 0 Å². The van der Waals surface area contributed by atoms with Crippen LogP contribution < -0.4 is 0 Å². The maximum atomic E-state index is 12.3. The SMILES string of the molecule is CCCCCCCCCCCCC(CCC)OC(=O)c1ccc(C)cc1. The van der Waals surface area contributed by atoms with Gasteiger partial charge < -0.3 is 4.74 Å². The highest BCUT2D eigenvalue weighted by Crippen LogP contribution is 2.17. The minimum Gasteiger partial charge on any atom is -0.459 e. The molecule has 0 aliphatic rings. The number of esters is 1. The van der Waals surface area contributed by atoms with Crippen molar-refractivity contribution in [3.8, 4) is 0 Å². The Kier molecular flexibility index (Phi) is 13.0. The summed E-state index contributed by atoms with van der Waals surface area (Å²) in [4.78, 5) is 12.3. The van der Waals surface area contributed by atoms with Crippen molar-refractivity contribution in [2.45, 2.75) is 110 Å². The van der Waals surface area contributed by atoms with E-state index >= 15 is 0 Å². The summed E-state index contributed by atoms with van der Waals surface area (Å²) in [7, 11) is 0. The topological polar surface area (TPSA) is 26.3 Å². The zero-order valence-electron chi connectivity index (χ0n) is 17.4. The molecule has 0 N–H and O–H groups in total. The lowest BCUT2D eigenvalue weighted by atomic mass is 10.0. The maximum Gasteiger partial charge on any atom is 0.338 e. The van der Waals surface area contributed by atoms with Crippen LogP contribution in [0.3, 0.4) is 0 Å². The van der Waals surface area contributed by atoms with Gasteiger partial charge >= 0.3 is 5.97 Å².